The van der Waals surface area contributed by atoms with Crippen LogP contribution in [0, 0.1) is 34.0 Å². The minimum atomic E-state index is -0.985. The third-order valence-corrected chi connectivity index (χ3v) is 8.71. The SMILES string of the molecule is C=C1C[C@@]23CC[C@H]4[C@@](C)(CC[C@H](O)[C@@]4(C)C(=O)O)[C@@H]2CC[C@@H]1C3. The fourth-order valence-corrected chi connectivity index (χ4v) is 7.55. The first-order valence-electron chi connectivity index (χ1n) is 9.33. The Hall–Kier alpha value is -0.830. The molecule has 0 radical (unpaired) electrons. The van der Waals surface area contributed by atoms with E-state index in [1.165, 1.54) is 24.8 Å². The lowest BCUT2D eigenvalue weighted by Crippen LogP contribution is -2.62. The largest absolute Gasteiger partial charge is 0.481 e. The Kier molecular flexibility index (Phi) is 3.15. The fraction of sp³-hybridized carbons (Fsp3) is 0.850. The monoisotopic (exact) mass is 318 g/mol. The maximum absolute atomic E-state index is 12.1. The molecule has 4 aliphatic carbocycles. The van der Waals surface area contributed by atoms with E-state index in [-0.39, 0.29) is 11.3 Å². The second kappa shape index (κ2) is 4.62. The normalized spacial score (nSPS) is 55.2. The predicted molar refractivity (Wildman–Crippen MR) is 88.8 cm³/mol. The smallest absolute Gasteiger partial charge is 0.312 e. The molecule has 4 saturated carbocycles. The Balaban J connectivity index is 1.76. The first-order valence-corrected chi connectivity index (χ1v) is 9.33. The lowest BCUT2D eigenvalue weighted by atomic mass is 9.40. The summed E-state index contributed by atoms with van der Waals surface area (Å²) in [6.07, 6.45) is 7.89. The highest BCUT2D eigenvalue weighted by atomic mass is 16.4. The van der Waals surface area contributed by atoms with Crippen molar-refractivity contribution >= 4 is 5.97 Å². The van der Waals surface area contributed by atoms with E-state index in [9.17, 15) is 15.0 Å². The van der Waals surface area contributed by atoms with Gasteiger partial charge in [-0.1, -0.05) is 19.1 Å². The van der Waals surface area contributed by atoms with Gasteiger partial charge in [0.25, 0.3) is 0 Å². The summed E-state index contributed by atoms with van der Waals surface area (Å²) in [7, 11) is 0. The molecule has 3 nitrogen and oxygen atoms in total. The van der Waals surface area contributed by atoms with Crippen molar-refractivity contribution in [3.63, 3.8) is 0 Å². The molecular weight excluding hydrogens is 288 g/mol. The molecule has 0 amide bonds. The molecule has 0 aromatic carbocycles. The number of hydrogen-bond donors (Lipinski definition) is 2. The van der Waals surface area contributed by atoms with Gasteiger partial charge in [-0.25, -0.2) is 0 Å². The van der Waals surface area contributed by atoms with Crippen LogP contribution in [-0.2, 0) is 4.79 Å². The van der Waals surface area contributed by atoms with Gasteiger partial charge in [-0.05, 0) is 86.9 Å². The molecule has 7 atom stereocenters. The number of carboxylic acids is 1. The molecule has 2 bridgehead atoms. The summed E-state index contributed by atoms with van der Waals surface area (Å²) in [5.41, 5.74) is 0.903. The van der Waals surface area contributed by atoms with Crippen molar-refractivity contribution in [3.05, 3.63) is 12.2 Å². The van der Waals surface area contributed by atoms with Gasteiger partial charge >= 0.3 is 5.97 Å². The van der Waals surface area contributed by atoms with Crippen LogP contribution in [-0.4, -0.2) is 22.3 Å². The molecule has 1 spiro atoms. The van der Waals surface area contributed by atoms with Crippen LogP contribution >= 0.6 is 0 Å². The van der Waals surface area contributed by atoms with Crippen LogP contribution in [0.4, 0.5) is 0 Å². The number of aliphatic carboxylic acids is 1. The van der Waals surface area contributed by atoms with Crippen molar-refractivity contribution in [2.75, 3.05) is 0 Å². The van der Waals surface area contributed by atoms with Gasteiger partial charge in [-0.15, -0.1) is 0 Å². The van der Waals surface area contributed by atoms with E-state index in [1.807, 2.05) is 0 Å². The summed E-state index contributed by atoms with van der Waals surface area (Å²) in [5, 5.41) is 20.4. The molecular formula is C20H30O3. The van der Waals surface area contributed by atoms with Crippen molar-refractivity contribution in [3.8, 4) is 0 Å². The maximum Gasteiger partial charge on any atom is 0.312 e. The summed E-state index contributed by atoms with van der Waals surface area (Å²) in [5.74, 6) is 0.612. The highest BCUT2D eigenvalue weighted by Crippen LogP contribution is 2.72. The summed E-state index contributed by atoms with van der Waals surface area (Å²) in [6.45, 7) is 8.49. The van der Waals surface area contributed by atoms with Gasteiger partial charge in [0.1, 0.15) is 0 Å². The van der Waals surface area contributed by atoms with Crippen molar-refractivity contribution in [2.24, 2.45) is 34.0 Å². The summed E-state index contributed by atoms with van der Waals surface area (Å²) < 4.78 is 0. The van der Waals surface area contributed by atoms with Crippen LogP contribution in [0.3, 0.4) is 0 Å². The minimum Gasteiger partial charge on any atom is -0.481 e. The Bertz CT molecular complexity index is 569. The van der Waals surface area contributed by atoms with Crippen LogP contribution in [0.1, 0.15) is 65.2 Å². The molecule has 0 aromatic heterocycles. The fourth-order valence-electron chi connectivity index (χ4n) is 7.55. The van der Waals surface area contributed by atoms with Gasteiger partial charge in [-0.2, -0.15) is 0 Å². The van der Waals surface area contributed by atoms with Gasteiger partial charge in [0.05, 0.1) is 11.5 Å². The quantitative estimate of drug-likeness (QED) is 0.718. The molecule has 0 aromatic rings. The van der Waals surface area contributed by atoms with E-state index in [1.54, 1.807) is 6.92 Å². The van der Waals surface area contributed by atoms with E-state index < -0.39 is 17.5 Å². The van der Waals surface area contributed by atoms with E-state index in [0.29, 0.717) is 23.7 Å². The molecule has 3 heteroatoms. The maximum atomic E-state index is 12.1. The zero-order chi connectivity index (χ0) is 16.6. The van der Waals surface area contributed by atoms with E-state index >= 15 is 0 Å². The highest BCUT2D eigenvalue weighted by Gasteiger charge is 2.67. The molecule has 128 valence electrons. The standard InChI is InChI=1S/C20H30O3/c1-12-10-20-9-6-14-18(2,15(20)5-4-13(12)11-20)8-7-16(21)19(14,3)17(22)23/h13-16,21H,1,4-11H2,2-3H3,(H,22,23)/t13-,14+,15+,16+,18-,19+,20-/m1/s1. The molecule has 2 N–H and O–H groups in total. The Morgan fingerprint density at radius 1 is 1.13 bits per heavy atom. The number of fused-ring (bicyclic) bond motifs is 3. The second-order valence-corrected chi connectivity index (χ2v) is 9.47. The summed E-state index contributed by atoms with van der Waals surface area (Å²) >= 11 is 0. The van der Waals surface area contributed by atoms with Crippen LogP contribution in [0.25, 0.3) is 0 Å². The highest BCUT2D eigenvalue weighted by molar-refractivity contribution is 5.76. The number of hydrogen-bond acceptors (Lipinski definition) is 2. The Morgan fingerprint density at radius 2 is 1.87 bits per heavy atom. The van der Waals surface area contributed by atoms with Crippen LogP contribution in [0.15, 0.2) is 12.2 Å². The summed E-state index contributed by atoms with van der Waals surface area (Å²) in [4.78, 5) is 12.1. The first kappa shape index (κ1) is 15.7. The molecule has 4 fully saturated rings. The number of aliphatic hydroxyl groups is 1. The lowest BCUT2D eigenvalue weighted by Gasteiger charge is -2.64. The number of carbonyl (C=O) groups is 1. The third kappa shape index (κ3) is 1.78. The van der Waals surface area contributed by atoms with Gasteiger partial charge in [0.15, 0.2) is 0 Å². The van der Waals surface area contributed by atoms with Crippen LogP contribution in [0.2, 0.25) is 0 Å². The molecule has 0 unspecified atom stereocenters. The Labute approximate surface area is 139 Å². The average Bonchev–Trinajstić information content (AvgIpc) is 2.73. The van der Waals surface area contributed by atoms with Crippen molar-refractivity contribution in [1.29, 1.82) is 0 Å². The number of aliphatic hydroxyl groups excluding tert-OH is 1. The second-order valence-electron chi connectivity index (χ2n) is 9.47. The number of rotatable bonds is 1. The van der Waals surface area contributed by atoms with Crippen LogP contribution < -0.4 is 0 Å². The summed E-state index contributed by atoms with van der Waals surface area (Å²) in [6, 6.07) is 0. The average molecular weight is 318 g/mol. The molecule has 23 heavy (non-hydrogen) atoms. The van der Waals surface area contributed by atoms with Gasteiger partial charge in [0, 0.05) is 0 Å². The van der Waals surface area contributed by atoms with E-state index in [2.05, 4.69) is 13.5 Å². The molecule has 4 aliphatic rings. The van der Waals surface area contributed by atoms with Crippen molar-refractivity contribution in [2.45, 2.75) is 71.3 Å². The molecule has 0 aliphatic heterocycles. The van der Waals surface area contributed by atoms with Gasteiger partial charge < -0.3 is 10.2 Å². The van der Waals surface area contributed by atoms with Gasteiger partial charge in [0.2, 0.25) is 0 Å². The molecule has 4 rings (SSSR count). The molecule has 0 heterocycles. The topological polar surface area (TPSA) is 57.5 Å². The van der Waals surface area contributed by atoms with Crippen molar-refractivity contribution < 1.29 is 15.0 Å². The van der Waals surface area contributed by atoms with Crippen molar-refractivity contribution in [1.82, 2.24) is 0 Å². The minimum absolute atomic E-state index is 0.0558. The predicted octanol–water partition coefficient (Wildman–Crippen LogP) is 4.01. The number of carboxylic acid groups (broad SMARTS) is 1. The number of allylic oxidation sites excluding steroid dienone is 1. The zero-order valence-electron chi connectivity index (χ0n) is 14.5. The van der Waals surface area contributed by atoms with E-state index in [4.69, 9.17) is 0 Å². The van der Waals surface area contributed by atoms with Crippen LogP contribution in [0.5, 0.6) is 0 Å². The first-order chi connectivity index (χ1) is 10.7. The Morgan fingerprint density at radius 3 is 2.57 bits per heavy atom. The lowest BCUT2D eigenvalue weighted by molar-refractivity contribution is -0.204. The molecule has 0 saturated heterocycles. The zero-order valence-corrected chi connectivity index (χ0v) is 14.5. The van der Waals surface area contributed by atoms with E-state index in [0.717, 1.165) is 25.7 Å². The third-order valence-electron chi connectivity index (χ3n) is 8.71. The van der Waals surface area contributed by atoms with Gasteiger partial charge in [-0.3, -0.25) is 4.79 Å².